The highest BCUT2D eigenvalue weighted by Crippen LogP contribution is 2.31. The standard InChI is InChI=1S/C13H20N2OS/c16-8-10-3-4-13-14-12(7-15(13)6-10)11-2-1-5-17-9-11/h7,10-11,16H,1-6,8-9H2. The van der Waals surface area contributed by atoms with Crippen molar-refractivity contribution in [1.82, 2.24) is 9.55 Å². The quantitative estimate of drug-likeness (QED) is 0.875. The summed E-state index contributed by atoms with van der Waals surface area (Å²) < 4.78 is 2.28. The molecule has 3 heterocycles. The number of imidazole rings is 1. The topological polar surface area (TPSA) is 38.1 Å². The van der Waals surface area contributed by atoms with E-state index in [4.69, 9.17) is 4.98 Å². The van der Waals surface area contributed by atoms with Crippen LogP contribution in [0.5, 0.6) is 0 Å². The third kappa shape index (κ3) is 2.38. The smallest absolute Gasteiger partial charge is 0.108 e. The molecule has 1 N–H and O–H groups in total. The zero-order valence-corrected chi connectivity index (χ0v) is 11.0. The van der Waals surface area contributed by atoms with Crippen LogP contribution >= 0.6 is 11.8 Å². The van der Waals surface area contributed by atoms with Crippen LogP contribution in [0.2, 0.25) is 0 Å². The van der Waals surface area contributed by atoms with Gasteiger partial charge in [-0.25, -0.2) is 4.98 Å². The summed E-state index contributed by atoms with van der Waals surface area (Å²) in [4.78, 5) is 4.81. The van der Waals surface area contributed by atoms with Crippen molar-refractivity contribution in [1.29, 1.82) is 0 Å². The van der Waals surface area contributed by atoms with Crippen molar-refractivity contribution in [3.05, 3.63) is 17.7 Å². The molecule has 0 radical (unpaired) electrons. The molecule has 1 saturated heterocycles. The van der Waals surface area contributed by atoms with E-state index in [1.807, 2.05) is 0 Å². The number of aromatic nitrogens is 2. The van der Waals surface area contributed by atoms with E-state index in [2.05, 4.69) is 22.5 Å². The zero-order valence-electron chi connectivity index (χ0n) is 10.1. The molecule has 0 aromatic carbocycles. The van der Waals surface area contributed by atoms with E-state index in [1.54, 1.807) is 0 Å². The highest BCUT2D eigenvalue weighted by Gasteiger charge is 2.23. The first kappa shape index (κ1) is 11.6. The Labute approximate surface area is 107 Å². The van der Waals surface area contributed by atoms with Gasteiger partial charge in [0, 0.05) is 43.4 Å². The molecular formula is C13H20N2OS. The second-order valence-corrected chi connectivity index (χ2v) is 6.39. The number of nitrogens with zero attached hydrogens (tertiary/aromatic N) is 2. The predicted molar refractivity (Wildman–Crippen MR) is 70.4 cm³/mol. The Kier molecular flexibility index (Phi) is 3.43. The lowest BCUT2D eigenvalue weighted by atomic mass is 10.0. The summed E-state index contributed by atoms with van der Waals surface area (Å²) in [5.74, 6) is 4.89. The monoisotopic (exact) mass is 252 g/mol. The Bertz CT molecular complexity index is 385. The van der Waals surface area contributed by atoms with E-state index in [9.17, 15) is 5.11 Å². The molecule has 0 saturated carbocycles. The summed E-state index contributed by atoms with van der Waals surface area (Å²) in [5.41, 5.74) is 1.30. The van der Waals surface area contributed by atoms with Crippen LogP contribution in [0.25, 0.3) is 0 Å². The Hall–Kier alpha value is -0.480. The average Bonchev–Trinajstić information content (AvgIpc) is 2.82. The lowest BCUT2D eigenvalue weighted by Gasteiger charge is -2.21. The molecule has 0 spiro atoms. The summed E-state index contributed by atoms with van der Waals surface area (Å²) in [7, 11) is 0. The van der Waals surface area contributed by atoms with Gasteiger partial charge in [-0.1, -0.05) is 0 Å². The highest BCUT2D eigenvalue weighted by atomic mass is 32.2. The molecule has 2 unspecified atom stereocenters. The van der Waals surface area contributed by atoms with Crippen LogP contribution in [0.3, 0.4) is 0 Å². The molecule has 0 aliphatic carbocycles. The number of fused-ring (bicyclic) bond motifs is 1. The molecular weight excluding hydrogens is 232 g/mol. The van der Waals surface area contributed by atoms with E-state index >= 15 is 0 Å². The minimum absolute atomic E-state index is 0.312. The van der Waals surface area contributed by atoms with Gasteiger partial charge < -0.3 is 9.67 Å². The molecule has 1 aromatic heterocycles. The third-order valence-corrected chi connectivity index (χ3v) is 5.16. The fourth-order valence-electron chi connectivity index (χ4n) is 2.86. The fraction of sp³-hybridized carbons (Fsp3) is 0.769. The number of aryl methyl sites for hydroxylation is 1. The van der Waals surface area contributed by atoms with Gasteiger partial charge in [0.15, 0.2) is 0 Å². The summed E-state index contributed by atoms with van der Waals surface area (Å²) in [5, 5.41) is 9.24. The molecule has 3 rings (SSSR count). The molecule has 0 amide bonds. The number of aliphatic hydroxyl groups is 1. The molecule has 0 bridgehead atoms. The van der Waals surface area contributed by atoms with Crippen molar-refractivity contribution >= 4 is 11.8 Å². The van der Waals surface area contributed by atoms with Gasteiger partial charge in [0.2, 0.25) is 0 Å². The van der Waals surface area contributed by atoms with Crippen LogP contribution in [0, 0.1) is 5.92 Å². The molecule has 2 aliphatic heterocycles. The van der Waals surface area contributed by atoms with Crippen molar-refractivity contribution < 1.29 is 5.11 Å². The van der Waals surface area contributed by atoms with Gasteiger partial charge in [-0.2, -0.15) is 11.8 Å². The lowest BCUT2D eigenvalue weighted by Crippen LogP contribution is -2.22. The van der Waals surface area contributed by atoms with Crippen LogP contribution in [0.15, 0.2) is 6.20 Å². The molecule has 17 heavy (non-hydrogen) atoms. The van der Waals surface area contributed by atoms with E-state index in [0.717, 1.165) is 19.4 Å². The second kappa shape index (κ2) is 5.02. The first-order valence-electron chi connectivity index (χ1n) is 6.61. The maximum Gasteiger partial charge on any atom is 0.108 e. The predicted octanol–water partition coefficient (Wildman–Crippen LogP) is 2.05. The number of rotatable bonds is 2. The molecule has 1 aromatic rings. The van der Waals surface area contributed by atoms with Crippen LogP contribution < -0.4 is 0 Å². The first-order chi connectivity index (χ1) is 8.36. The SMILES string of the molecule is OCC1CCc2nc(C3CCCSC3)cn2C1. The third-order valence-electron chi connectivity index (χ3n) is 3.95. The largest absolute Gasteiger partial charge is 0.396 e. The molecule has 94 valence electrons. The Morgan fingerprint density at radius 2 is 2.41 bits per heavy atom. The molecule has 3 nitrogen and oxygen atoms in total. The minimum Gasteiger partial charge on any atom is -0.396 e. The summed E-state index contributed by atoms with van der Waals surface area (Å²) in [6, 6.07) is 0. The van der Waals surface area contributed by atoms with Gasteiger partial charge in [-0.05, 0) is 25.0 Å². The molecule has 4 heteroatoms. The van der Waals surface area contributed by atoms with Crippen LogP contribution in [0.4, 0.5) is 0 Å². The van der Waals surface area contributed by atoms with Crippen molar-refractivity contribution in [2.45, 2.75) is 38.1 Å². The number of aliphatic hydroxyl groups excluding tert-OH is 1. The van der Waals surface area contributed by atoms with Gasteiger partial charge in [-0.3, -0.25) is 0 Å². The number of hydrogen-bond acceptors (Lipinski definition) is 3. The molecule has 1 fully saturated rings. The number of hydrogen-bond donors (Lipinski definition) is 1. The van der Waals surface area contributed by atoms with E-state index < -0.39 is 0 Å². The van der Waals surface area contributed by atoms with Gasteiger partial charge in [0.05, 0.1) is 5.69 Å². The van der Waals surface area contributed by atoms with Crippen molar-refractivity contribution in [3.63, 3.8) is 0 Å². The van der Waals surface area contributed by atoms with E-state index in [0.29, 0.717) is 18.4 Å². The summed E-state index contributed by atoms with van der Waals surface area (Å²) in [6.07, 6.45) is 6.99. The normalized spacial score (nSPS) is 29.0. The van der Waals surface area contributed by atoms with Crippen LogP contribution in [-0.4, -0.2) is 32.8 Å². The van der Waals surface area contributed by atoms with Crippen molar-refractivity contribution in [3.8, 4) is 0 Å². The lowest BCUT2D eigenvalue weighted by molar-refractivity contribution is 0.190. The Balaban J connectivity index is 1.77. The summed E-state index contributed by atoms with van der Waals surface area (Å²) in [6.45, 7) is 1.27. The molecule has 2 aliphatic rings. The summed E-state index contributed by atoms with van der Waals surface area (Å²) >= 11 is 2.06. The number of thioether (sulfide) groups is 1. The van der Waals surface area contributed by atoms with Gasteiger partial charge >= 0.3 is 0 Å². The Morgan fingerprint density at radius 3 is 3.18 bits per heavy atom. The maximum absolute atomic E-state index is 9.24. The van der Waals surface area contributed by atoms with Gasteiger partial charge in [-0.15, -0.1) is 0 Å². The van der Waals surface area contributed by atoms with Crippen molar-refractivity contribution in [2.75, 3.05) is 18.1 Å². The van der Waals surface area contributed by atoms with E-state index in [-0.39, 0.29) is 0 Å². The average molecular weight is 252 g/mol. The second-order valence-electron chi connectivity index (χ2n) is 5.24. The first-order valence-corrected chi connectivity index (χ1v) is 7.77. The van der Waals surface area contributed by atoms with Crippen LogP contribution in [0.1, 0.15) is 36.7 Å². The van der Waals surface area contributed by atoms with Gasteiger partial charge in [0.1, 0.15) is 5.82 Å². The highest BCUT2D eigenvalue weighted by molar-refractivity contribution is 7.99. The van der Waals surface area contributed by atoms with Crippen LogP contribution in [-0.2, 0) is 13.0 Å². The Morgan fingerprint density at radius 1 is 1.47 bits per heavy atom. The van der Waals surface area contributed by atoms with Crippen molar-refractivity contribution in [2.24, 2.45) is 5.92 Å². The maximum atomic E-state index is 9.24. The van der Waals surface area contributed by atoms with Gasteiger partial charge in [0.25, 0.3) is 0 Å². The molecule has 2 atom stereocenters. The minimum atomic E-state index is 0.312. The zero-order chi connectivity index (χ0) is 11.7. The fourth-order valence-corrected chi connectivity index (χ4v) is 4.02. The van der Waals surface area contributed by atoms with E-state index in [1.165, 1.54) is 35.9 Å².